The maximum atomic E-state index is 12.5. The molecule has 0 aliphatic carbocycles. The highest BCUT2D eigenvalue weighted by Gasteiger charge is 2.30. The fourth-order valence-electron chi connectivity index (χ4n) is 1.49. The molecule has 0 radical (unpaired) electrons. The van der Waals surface area contributed by atoms with Gasteiger partial charge in [0.2, 0.25) is 0 Å². The lowest BCUT2D eigenvalue weighted by Gasteiger charge is -2.12. The van der Waals surface area contributed by atoms with Gasteiger partial charge in [-0.3, -0.25) is 0 Å². The monoisotopic (exact) mass is 280 g/mol. The topological polar surface area (TPSA) is 26.3 Å². The van der Waals surface area contributed by atoms with Gasteiger partial charge < -0.3 is 4.74 Å². The summed E-state index contributed by atoms with van der Waals surface area (Å²) in [5.74, 6) is 0. The molecule has 0 spiro atoms. The zero-order chi connectivity index (χ0) is 13.8. The van der Waals surface area contributed by atoms with Gasteiger partial charge in [0.05, 0.1) is 5.56 Å². The molecule has 0 aliphatic rings. The van der Waals surface area contributed by atoms with Gasteiger partial charge in [0.25, 0.3) is 0 Å². The van der Waals surface area contributed by atoms with E-state index in [1.165, 1.54) is 6.07 Å². The van der Waals surface area contributed by atoms with Crippen molar-refractivity contribution in [3.05, 3.63) is 35.4 Å². The maximum absolute atomic E-state index is 12.5. The summed E-state index contributed by atoms with van der Waals surface area (Å²) in [6, 6.07) is 5.07. The van der Waals surface area contributed by atoms with Gasteiger partial charge in [0, 0.05) is 11.6 Å². The second-order valence-corrected chi connectivity index (χ2v) is 4.21. The zero-order valence-corrected chi connectivity index (χ0v) is 10.4. The Morgan fingerprint density at radius 2 is 2.11 bits per heavy atom. The predicted molar refractivity (Wildman–Crippen MR) is 61.6 cm³/mol. The van der Waals surface area contributed by atoms with Gasteiger partial charge in [0.1, 0.15) is 6.10 Å². The molecule has 0 fully saturated rings. The van der Waals surface area contributed by atoms with Crippen molar-refractivity contribution in [3.63, 3.8) is 0 Å². The lowest BCUT2D eigenvalue weighted by molar-refractivity contribution is -0.137. The lowest BCUT2D eigenvalue weighted by Crippen LogP contribution is -2.11. The number of benzene rings is 1. The molecule has 0 amide bonds. The Bertz CT molecular complexity index is 418. The molecule has 0 aromatic heterocycles. The molecule has 1 unspecified atom stereocenters. The molecule has 6 heteroatoms. The molecule has 0 saturated heterocycles. The molecular formula is C12H12ClF3O2. The third-order valence-electron chi connectivity index (χ3n) is 2.39. The Morgan fingerprint density at radius 3 is 2.67 bits per heavy atom. The number of ether oxygens (including phenoxy) is 1. The highest BCUT2D eigenvalue weighted by Crippen LogP contribution is 2.29. The summed E-state index contributed by atoms with van der Waals surface area (Å²) in [7, 11) is 0. The second kappa shape index (κ2) is 6.09. The molecule has 1 aromatic rings. The highest BCUT2D eigenvalue weighted by molar-refractivity contribution is 6.61. The van der Waals surface area contributed by atoms with Crippen molar-refractivity contribution < 1.29 is 22.7 Å². The smallest absolute Gasteiger partial charge is 0.416 e. The Kier molecular flexibility index (Phi) is 5.02. The molecule has 18 heavy (non-hydrogen) atoms. The first-order valence-corrected chi connectivity index (χ1v) is 5.69. The number of alkyl halides is 3. The third-order valence-corrected chi connectivity index (χ3v) is 2.48. The van der Waals surface area contributed by atoms with E-state index in [2.05, 4.69) is 4.74 Å². The molecule has 0 aliphatic heterocycles. The van der Waals surface area contributed by atoms with Crippen LogP contribution >= 0.6 is 11.6 Å². The fourth-order valence-corrected chi connectivity index (χ4v) is 1.64. The van der Waals surface area contributed by atoms with Crippen LogP contribution in [0.15, 0.2) is 24.3 Å². The summed E-state index contributed by atoms with van der Waals surface area (Å²) in [5, 5.41) is 0. The van der Waals surface area contributed by atoms with Crippen LogP contribution in [-0.2, 0) is 17.3 Å². The van der Waals surface area contributed by atoms with E-state index in [1.807, 2.05) is 0 Å². The first-order chi connectivity index (χ1) is 8.29. The van der Waals surface area contributed by atoms with Crippen molar-refractivity contribution in [2.45, 2.75) is 32.0 Å². The molecule has 0 N–H and O–H groups in total. The van der Waals surface area contributed by atoms with Crippen molar-refractivity contribution in [1.82, 2.24) is 0 Å². The summed E-state index contributed by atoms with van der Waals surface area (Å²) in [4.78, 5) is 10.4. The van der Waals surface area contributed by atoms with Crippen LogP contribution in [0.1, 0.15) is 24.5 Å². The number of hydrogen-bond acceptors (Lipinski definition) is 2. The van der Waals surface area contributed by atoms with Gasteiger partial charge in [0.15, 0.2) is 0 Å². The van der Waals surface area contributed by atoms with Gasteiger partial charge in [-0.1, -0.05) is 18.2 Å². The summed E-state index contributed by atoms with van der Waals surface area (Å²) in [6.07, 6.45) is -3.97. The van der Waals surface area contributed by atoms with Crippen LogP contribution in [-0.4, -0.2) is 11.5 Å². The Labute approximate surface area is 108 Å². The summed E-state index contributed by atoms with van der Waals surface area (Å²) >= 11 is 5.03. The number of halogens is 4. The molecular weight excluding hydrogens is 269 g/mol. The average Bonchev–Trinajstić information content (AvgIpc) is 2.25. The fraction of sp³-hybridized carbons (Fsp3) is 0.417. The minimum atomic E-state index is -4.34. The standard InChI is InChI=1S/C12H12ClF3O2/c1-8(18-11(13)17)5-6-9-3-2-4-10(7-9)12(14,15)16/h2-4,7-8H,5-6H2,1H3. The number of carbonyl (C=O) groups excluding carboxylic acids is 1. The predicted octanol–water partition coefficient (Wildman–Crippen LogP) is 4.40. The Morgan fingerprint density at radius 1 is 1.44 bits per heavy atom. The minimum Gasteiger partial charge on any atom is -0.451 e. The SMILES string of the molecule is CC(CCc1cccc(C(F)(F)F)c1)OC(=O)Cl. The van der Waals surface area contributed by atoms with Crippen LogP contribution in [0, 0.1) is 0 Å². The summed E-state index contributed by atoms with van der Waals surface area (Å²) < 4.78 is 42.0. The maximum Gasteiger partial charge on any atom is 0.416 e. The lowest BCUT2D eigenvalue weighted by atomic mass is 10.0. The summed E-state index contributed by atoms with van der Waals surface area (Å²) in [6.45, 7) is 1.63. The van der Waals surface area contributed by atoms with Crippen molar-refractivity contribution in [3.8, 4) is 0 Å². The molecule has 1 rings (SSSR count). The van der Waals surface area contributed by atoms with Crippen molar-refractivity contribution in [2.24, 2.45) is 0 Å². The van der Waals surface area contributed by atoms with Gasteiger partial charge in [-0.2, -0.15) is 13.2 Å². The van der Waals surface area contributed by atoms with E-state index < -0.39 is 23.3 Å². The molecule has 1 atom stereocenters. The van der Waals surface area contributed by atoms with Gasteiger partial charge in [-0.25, -0.2) is 4.79 Å². The van der Waals surface area contributed by atoms with Crippen molar-refractivity contribution >= 4 is 17.0 Å². The first kappa shape index (κ1) is 14.8. The molecule has 100 valence electrons. The van der Waals surface area contributed by atoms with Crippen LogP contribution in [0.25, 0.3) is 0 Å². The van der Waals surface area contributed by atoms with E-state index >= 15 is 0 Å². The van der Waals surface area contributed by atoms with Crippen molar-refractivity contribution in [2.75, 3.05) is 0 Å². The van der Waals surface area contributed by atoms with Gasteiger partial charge in [-0.05, 0) is 31.4 Å². The van der Waals surface area contributed by atoms with E-state index in [1.54, 1.807) is 13.0 Å². The summed E-state index contributed by atoms with van der Waals surface area (Å²) in [5.41, 5.74) is -1.05. The molecule has 2 nitrogen and oxygen atoms in total. The number of carbonyl (C=O) groups is 1. The van der Waals surface area contributed by atoms with E-state index in [0.717, 1.165) is 12.1 Å². The molecule has 1 aromatic carbocycles. The average molecular weight is 281 g/mol. The second-order valence-electron chi connectivity index (χ2n) is 3.90. The van der Waals surface area contributed by atoms with Crippen molar-refractivity contribution in [1.29, 1.82) is 0 Å². The first-order valence-electron chi connectivity index (χ1n) is 5.31. The number of rotatable bonds is 4. The highest BCUT2D eigenvalue weighted by atomic mass is 35.5. The molecule has 0 saturated carbocycles. The van der Waals surface area contributed by atoms with Crippen LogP contribution in [0.4, 0.5) is 18.0 Å². The van der Waals surface area contributed by atoms with E-state index in [-0.39, 0.29) is 0 Å². The minimum absolute atomic E-state index is 0.384. The van der Waals surface area contributed by atoms with Crippen LogP contribution in [0.2, 0.25) is 0 Å². The third kappa shape index (κ3) is 4.96. The van der Waals surface area contributed by atoms with Crippen LogP contribution in [0.5, 0.6) is 0 Å². The van der Waals surface area contributed by atoms with Gasteiger partial charge >= 0.3 is 11.6 Å². The van der Waals surface area contributed by atoms with Crippen LogP contribution < -0.4 is 0 Å². The van der Waals surface area contributed by atoms with Gasteiger partial charge in [-0.15, -0.1) is 0 Å². The number of hydrogen-bond donors (Lipinski definition) is 0. The largest absolute Gasteiger partial charge is 0.451 e. The quantitative estimate of drug-likeness (QED) is 0.764. The van der Waals surface area contributed by atoms with Crippen LogP contribution in [0.3, 0.4) is 0 Å². The normalized spacial score (nSPS) is 13.2. The molecule has 0 heterocycles. The zero-order valence-electron chi connectivity index (χ0n) is 9.63. The van der Waals surface area contributed by atoms with E-state index in [9.17, 15) is 18.0 Å². The Hall–Kier alpha value is -1.23. The number of aryl methyl sites for hydroxylation is 1. The van der Waals surface area contributed by atoms with E-state index in [4.69, 9.17) is 11.6 Å². The Balaban J connectivity index is 2.60. The van der Waals surface area contributed by atoms with E-state index in [0.29, 0.717) is 18.4 Å². The molecule has 0 bridgehead atoms.